The van der Waals surface area contributed by atoms with E-state index in [0.29, 0.717) is 6.61 Å². The predicted octanol–water partition coefficient (Wildman–Crippen LogP) is 3.89. The van der Waals surface area contributed by atoms with Crippen molar-refractivity contribution in [2.45, 2.75) is 47.0 Å². The topological polar surface area (TPSA) is 14.2 Å². The number of rotatable bonds is 4. The molecular formula is C15H21NO. The van der Waals surface area contributed by atoms with E-state index in [4.69, 9.17) is 4.74 Å². The molecule has 0 radical (unpaired) electrons. The fraction of sp³-hybridized carbons (Fsp3) is 0.467. The lowest BCUT2D eigenvalue weighted by atomic mass is 10.2. The Kier molecular flexibility index (Phi) is 3.53. The van der Waals surface area contributed by atoms with Crippen LogP contribution in [0.2, 0.25) is 0 Å². The van der Waals surface area contributed by atoms with Crippen LogP contribution in [0, 0.1) is 6.92 Å². The minimum atomic E-state index is 0.278. The first kappa shape index (κ1) is 12.2. The van der Waals surface area contributed by atoms with Gasteiger partial charge in [-0.05, 0) is 50.8 Å². The maximum Gasteiger partial charge on any atom is 0.0871 e. The smallest absolute Gasteiger partial charge is 0.0871 e. The summed E-state index contributed by atoms with van der Waals surface area (Å²) in [5.74, 6) is 0. The van der Waals surface area contributed by atoms with Crippen molar-refractivity contribution in [3.8, 4) is 0 Å². The number of fused-ring (bicyclic) bond motifs is 1. The van der Waals surface area contributed by atoms with Crippen LogP contribution in [-0.4, -0.2) is 10.7 Å². The van der Waals surface area contributed by atoms with Crippen LogP contribution >= 0.6 is 0 Å². The van der Waals surface area contributed by atoms with E-state index in [-0.39, 0.29) is 6.10 Å². The van der Waals surface area contributed by atoms with E-state index >= 15 is 0 Å². The van der Waals surface area contributed by atoms with Gasteiger partial charge in [0.05, 0.1) is 12.7 Å². The van der Waals surface area contributed by atoms with Gasteiger partial charge in [-0.1, -0.05) is 12.1 Å². The van der Waals surface area contributed by atoms with E-state index in [1.165, 1.54) is 22.2 Å². The molecule has 0 N–H and O–H groups in total. The molecule has 1 heterocycles. The van der Waals surface area contributed by atoms with Gasteiger partial charge < -0.3 is 9.30 Å². The first-order valence-corrected chi connectivity index (χ1v) is 6.32. The summed E-state index contributed by atoms with van der Waals surface area (Å²) >= 11 is 0. The van der Waals surface area contributed by atoms with Gasteiger partial charge in [0.2, 0.25) is 0 Å². The number of ether oxygens (including phenoxy) is 1. The van der Waals surface area contributed by atoms with Crippen molar-refractivity contribution >= 4 is 10.9 Å². The maximum absolute atomic E-state index is 5.71. The van der Waals surface area contributed by atoms with Crippen molar-refractivity contribution in [1.82, 2.24) is 4.57 Å². The number of nitrogens with zero attached hydrogens (tertiary/aromatic N) is 1. The molecular weight excluding hydrogens is 210 g/mol. The van der Waals surface area contributed by atoms with E-state index in [1.807, 2.05) is 0 Å². The molecule has 0 saturated carbocycles. The Labute approximate surface area is 103 Å². The number of hydrogen-bond donors (Lipinski definition) is 0. The molecule has 0 saturated heterocycles. The summed E-state index contributed by atoms with van der Waals surface area (Å²) in [4.78, 5) is 0. The van der Waals surface area contributed by atoms with E-state index in [1.54, 1.807) is 0 Å². The highest BCUT2D eigenvalue weighted by atomic mass is 16.5. The Morgan fingerprint density at radius 3 is 2.65 bits per heavy atom. The van der Waals surface area contributed by atoms with Gasteiger partial charge in [0, 0.05) is 17.8 Å². The Hall–Kier alpha value is -1.28. The lowest BCUT2D eigenvalue weighted by molar-refractivity contribution is 0.0620. The van der Waals surface area contributed by atoms with Crippen LogP contribution in [0.3, 0.4) is 0 Å². The van der Waals surface area contributed by atoms with Gasteiger partial charge in [-0.2, -0.15) is 0 Å². The van der Waals surface area contributed by atoms with Gasteiger partial charge in [0.1, 0.15) is 0 Å². The number of aromatic nitrogens is 1. The molecule has 0 fully saturated rings. The molecule has 0 aliphatic carbocycles. The molecule has 17 heavy (non-hydrogen) atoms. The third kappa shape index (κ3) is 2.52. The summed E-state index contributed by atoms with van der Waals surface area (Å²) in [6, 6.07) is 8.84. The molecule has 0 aliphatic heterocycles. The quantitative estimate of drug-likeness (QED) is 0.778. The third-order valence-electron chi connectivity index (χ3n) is 3.03. The zero-order valence-corrected chi connectivity index (χ0v) is 11.2. The van der Waals surface area contributed by atoms with Crippen LogP contribution < -0.4 is 0 Å². The van der Waals surface area contributed by atoms with Crippen molar-refractivity contribution in [3.63, 3.8) is 0 Å². The summed E-state index contributed by atoms with van der Waals surface area (Å²) < 4.78 is 8.05. The fourth-order valence-electron chi connectivity index (χ4n) is 2.17. The van der Waals surface area contributed by atoms with Crippen LogP contribution in [0.25, 0.3) is 10.9 Å². The molecule has 1 aromatic heterocycles. The SMILES string of the molecule is CCn1c(COC(C)C)cc2ccc(C)cc21. The highest BCUT2D eigenvalue weighted by Crippen LogP contribution is 2.22. The summed E-state index contributed by atoms with van der Waals surface area (Å²) in [6.07, 6.45) is 0.278. The van der Waals surface area contributed by atoms with Crippen LogP contribution in [-0.2, 0) is 17.9 Å². The standard InChI is InChI=1S/C15H21NO/c1-5-16-14(10-17-11(2)3)9-13-7-6-12(4)8-15(13)16/h6-9,11H,5,10H2,1-4H3. The number of aryl methyl sites for hydroxylation is 2. The first-order chi connectivity index (χ1) is 8.11. The van der Waals surface area contributed by atoms with E-state index < -0.39 is 0 Å². The minimum Gasteiger partial charge on any atom is -0.373 e. The molecule has 0 bridgehead atoms. The molecule has 0 amide bonds. The van der Waals surface area contributed by atoms with Crippen LogP contribution in [0.15, 0.2) is 24.3 Å². The monoisotopic (exact) mass is 231 g/mol. The summed E-state index contributed by atoms with van der Waals surface area (Å²) in [5.41, 5.74) is 3.89. The van der Waals surface area contributed by atoms with Gasteiger partial charge in [-0.25, -0.2) is 0 Å². The predicted molar refractivity (Wildman–Crippen MR) is 72.3 cm³/mol. The summed E-state index contributed by atoms with van der Waals surface area (Å²) in [5, 5.41) is 1.31. The fourth-order valence-corrected chi connectivity index (χ4v) is 2.17. The van der Waals surface area contributed by atoms with Crippen molar-refractivity contribution in [2.75, 3.05) is 0 Å². The summed E-state index contributed by atoms with van der Waals surface area (Å²) in [6.45, 7) is 10.1. The Balaban J connectivity index is 2.41. The van der Waals surface area contributed by atoms with Crippen LogP contribution in [0.5, 0.6) is 0 Å². The zero-order chi connectivity index (χ0) is 12.4. The molecule has 0 spiro atoms. The average molecular weight is 231 g/mol. The molecule has 0 unspecified atom stereocenters. The number of hydrogen-bond acceptors (Lipinski definition) is 1. The second-order valence-corrected chi connectivity index (χ2v) is 4.80. The molecule has 0 aliphatic rings. The van der Waals surface area contributed by atoms with Crippen LogP contribution in [0.1, 0.15) is 32.0 Å². The van der Waals surface area contributed by atoms with E-state index in [2.05, 4.69) is 56.5 Å². The summed E-state index contributed by atoms with van der Waals surface area (Å²) in [7, 11) is 0. The van der Waals surface area contributed by atoms with Crippen LogP contribution in [0.4, 0.5) is 0 Å². The molecule has 2 nitrogen and oxygen atoms in total. The van der Waals surface area contributed by atoms with Gasteiger partial charge in [0.25, 0.3) is 0 Å². The van der Waals surface area contributed by atoms with Crippen molar-refractivity contribution < 1.29 is 4.74 Å². The first-order valence-electron chi connectivity index (χ1n) is 6.32. The molecule has 92 valence electrons. The van der Waals surface area contributed by atoms with Gasteiger partial charge in [0.15, 0.2) is 0 Å². The Morgan fingerprint density at radius 1 is 1.24 bits per heavy atom. The van der Waals surface area contributed by atoms with Gasteiger partial charge >= 0.3 is 0 Å². The largest absolute Gasteiger partial charge is 0.373 e. The van der Waals surface area contributed by atoms with Crippen molar-refractivity contribution in [2.24, 2.45) is 0 Å². The molecule has 0 atom stereocenters. The maximum atomic E-state index is 5.71. The lowest BCUT2D eigenvalue weighted by Gasteiger charge is -2.10. The minimum absolute atomic E-state index is 0.278. The lowest BCUT2D eigenvalue weighted by Crippen LogP contribution is -2.07. The Morgan fingerprint density at radius 2 is 2.00 bits per heavy atom. The molecule has 2 rings (SSSR count). The zero-order valence-electron chi connectivity index (χ0n) is 11.2. The van der Waals surface area contributed by atoms with Gasteiger partial charge in [-0.15, -0.1) is 0 Å². The van der Waals surface area contributed by atoms with E-state index in [9.17, 15) is 0 Å². The highest BCUT2D eigenvalue weighted by molar-refractivity contribution is 5.82. The molecule has 1 aromatic carbocycles. The number of benzene rings is 1. The van der Waals surface area contributed by atoms with Crippen molar-refractivity contribution in [3.05, 3.63) is 35.5 Å². The highest BCUT2D eigenvalue weighted by Gasteiger charge is 2.08. The van der Waals surface area contributed by atoms with Crippen molar-refractivity contribution in [1.29, 1.82) is 0 Å². The molecule has 2 aromatic rings. The van der Waals surface area contributed by atoms with E-state index in [0.717, 1.165) is 6.54 Å². The normalized spacial score (nSPS) is 11.6. The molecule has 2 heteroatoms. The van der Waals surface area contributed by atoms with Gasteiger partial charge in [-0.3, -0.25) is 0 Å². The third-order valence-corrected chi connectivity index (χ3v) is 3.03. The Bertz CT molecular complexity index is 511. The second-order valence-electron chi connectivity index (χ2n) is 4.80. The average Bonchev–Trinajstić information content (AvgIpc) is 2.63. The second kappa shape index (κ2) is 4.92.